The number of likely N-dealkylation sites (tertiary alicyclic amines) is 1. The Labute approximate surface area is 152 Å². The first-order chi connectivity index (χ1) is 12.1. The zero-order valence-corrected chi connectivity index (χ0v) is 14.9. The van der Waals surface area contributed by atoms with Crippen molar-refractivity contribution in [2.45, 2.75) is 18.8 Å². The van der Waals surface area contributed by atoms with E-state index in [4.69, 9.17) is 16.7 Å². The monoisotopic (exact) mass is 353 g/mol. The fourth-order valence-electron chi connectivity index (χ4n) is 3.55. The summed E-state index contributed by atoms with van der Waals surface area (Å²) in [6.45, 7) is 2.11. The van der Waals surface area contributed by atoms with Crippen molar-refractivity contribution in [3.05, 3.63) is 64.8 Å². The van der Waals surface area contributed by atoms with Gasteiger partial charge in [-0.15, -0.1) is 0 Å². The van der Waals surface area contributed by atoms with E-state index >= 15 is 0 Å². The van der Waals surface area contributed by atoms with Crippen LogP contribution in [0, 0.1) is 0 Å². The smallest absolute Gasteiger partial charge is 0.278 e. The van der Waals surface area contributed by atoms with Crippen LogP contribution in [0.1, 0.15) is 34.8 Å². The first-order valence-electron chi connectivity index (χ1n) is 8.60. The molecule has 2 aromatic carbocycles. The van der Waals surface area contributed by atoms with Crippen LogP contribution in [-0.4, -0.2) is 40.7 Å². The van der Waals surface area contributed by atoms with Gasteiger partial charge in [0.2, 0.25) is 0 Å². The molecule has 0 radical (unpaired) electrons. The highest BCUT2D eigenvalue weighted by Gasteiger charge is 2.25. The van der Waals surface area contributed by atoms with Gasteiger partial charge in [-0.1, -0.05) is 29.8 Å². The molecule has 3 aromatic rings. The van der Waals surface area contributed by atoms with Gasteiger partial charge in [-0.25, -0.2) is 0 Å². The number of halogens is 1. The molecule has 0 bridgehead atoms. The topological polar surface area (TPSA) is 38.1 Å². The van der Waals surface area contributed by atoms with Crippen LogP contribution in [0.25, 0.3) is 10.9 Å². The summed E-state index contributed by atoms with van der Waals surface area (Å²) >= 11 is 6.20. The number of benzene rings is 2. The first kappa shape index (κ1) is 16.3. The minimum atomic E-state index is -0.118. The van der Waals surface area contributed by atoms with Crippen molar-refractivity contribution in [1.82, 2.24) is 14.7 Å². The highest BCUT2D eigenvalue weighted by atomic mass is 35.5. The summed E-state index contributed by atoms with van der Waals surface area (Å²) in [6.07, 6.45) is 2.12. The number of fused-ring (bicyclic) bond motifs is 1. The number of carbonyl (C=O) groups is 1. The molecule has 1 aliphatic rings. The third kappa shape index (κ3) is 3.08. The van der Waals surface area contributed by atoms with Gasteiger partial charge >= 0.3 is 0 Å². The number of carbonyl (C=O) groups excluding carboxylic acids is 1. The Morgan fingerprint density at radius 1 is 1.12 bits per heavy atom. The molecule has 2 heterocycles. The van der Waals surface area contributed by atoms with Crippen LogP contribution in [-0.2, 0) is 0 Å². The second-order valence-corrected chi connectivity index (χ2v) is 7.14. The van der Waals surface area contributed by atoms with E-state index in [1.165, 1.54) is 4.68 Å². The third-order valence-electron chi connectivity index (χ3n) is 4.99. The minimum absolute atomic E-state index is 0.118. The molecule has 0 amide bonds. The number of rotatable bonds is 2. The Kier molecular flexibility index (Phi) is 4.32. The Bertz CT molecular complexity index is 911. The lowest BCUT2D eigenvalue weighted by Crippen LogP contribution is -2.29. The Morgan fingerprint density at radius 2 is 1.84 bits per heavy atom. The van der Waals surface area contributed by atoms with Crippen LogP contribution in [0.5, 0.6) is 0 Å². The SMILES string of the molecule is CN1CCC(c2nn(C(=O)c3ccccc3)c3cc(Cl)ccc23)CC1. The van der Waals surface area contributed by atoms with Crippen LogP contribution in [0.3, 0.4) is 0 Å². The predicted octanol–water partition coefficient (Wildman–Crippen LogP) is 4.19. The van der Waals surface area contributed by atoms with E-state index in [2.05, 4.69) is 11.9 Å². The number of hydrogen-bond donors (Lipinski definition) is 0. The number of hydrogen-bond acceptors (Lipinski definition) is 3. The van der Waals surface area contributed by atoms with Crippen molar-refractivity contribution in [3.63, 3.8) is 0 Å². The average molecular weight is 354 g/mol. The molecule has 0 atom stereocenters. The molecule has 0 unspecified atom stereocenters. The number of aromatic nitrogens is 2. The number of piperidine rings is 1. The molecule has 4 rings (SSSR count). The van der Waals surface area contributed by atoms with Gasteiger partial charge in [0.05, 0.1) is 11.2 Å². The van der Waals surface area contributed by atoms with Gasteiger partial charge in [-0.2, -0.15) is 9.78 Å². The highest BCUT2D eigenvalue weighted by molar-refractivity contribution is 6.31. The van der Waals surface area contributed by atoms with Crippen molar-refractivity contribution in [2.24, 2.45) is 0 Å². The quantitative estimate of drug-likeness (QED) is 0.693. The zero-order valence-electron chi connectivity index (χ0n) is 14.2. The highest BCUT2D eigenvalue weighted by Crippen LogP contribution is 2.33. The van der Waals surface area contributed by atoms with Crippen molar-refractivity contribution in [1.29, 1.82) is 0 Å². The molecule has 1 fully saturated rings. The van der Waals surface area contributed by atoms with Crippen molar-refractivity contribution in [3.8, 4) is 0 Å². The molecular formula is C20H20ClN3O. The largest absolute Gasteiger partial charge is 0.306 e. The summed E-state index contributed by atoms with van der Waals surface area (Å²) in [5, 5.41) is 6.39. The van der Waals surface area contributed by atoms with Gasteiger partial charge in [-0.3, -0.25) is 4.79 Å². The van der Waals surface area contributed by atoms with Gasteiger partial charge in [0.25, 0.3) is 5.91 Å². The van der Waals surface area contributed by atoms with E-state index < -0.39 is 0 Å². The summed E-state index contributed by atoms with van der Waals surface area (Å²) in [6, 6.07) is 15.0. The van der Waals surface area contributed by atoms with Gasteiger partial charge < -0.3 is 4.90 Å². The molecule has 128 valence electrons. The molecule has 0 spiro atoms. The first-order valence-corrected chi connectivity index (χ1v) is 8.98. The Morgan fingerprint density at radius 3 is 2.56 bits per heavy atom. The Balaban J connectivity index is 1.82. The standard InChI is InChI=1S/C20H20ClN3O/c1-23-11-9-14(10-12-23)19-17-8-7-16(21)13-18(17)24(22-19)20(25)15-5-3-2-4-6-15/h2-8,13-14H,9-12H2,1H3. The van der Waals surface area contributed by atoms with Crippen molar-refractivity contribution >= 4 is 28.4 Å². The molecule has 4 nitrogen and oxygen atoms in total. The fourth-order valence-corrected chi connectivity index (χ4v) is 3.72. The van der Waals surface area contributed by atoms with Crippen LogP contribution in [0.15, 0.2) is 48.5 Å². The second-order valence-electron chi connectivity index (χ2n) is 6.71. The lowest BCUT2D eigenvalue weighted by atomic mass is 9.92. The molecule has 1 aromatic heterocycles. The van der Waals surface area contributed by atoms with E-state index in [-0.39, 0.29) is 5.91 Å². The van der Waals surface area contributed by atoms with Crippen LogP contribution in [0.2, 0.25) is 5.02 Å². The lowest BCUT2D eigenvalue weighted by molar-refractivity contribution is 0.0949. The van der Waals surface area contributed by atoms with E-state index in [0.29, 0.717) is 16.5 Å². The number of nitrogens with zero attached hydrogens (tertiary/aromatic N) is 3. The predicted molar refractivity (Wildman–Crippen MR) is 100 cm³/mol. The molecule has 1 saturated heterocycles. The summed E-state index contributed by atoms with van der Waals surface area (Å²) in [5.41, 5.74) is 2.43. The van der Waals surface area contributed by atoms with Gasteiger partial charge in [0.1, 0.15) is 0 Å². The maximum Gasteiger partial charge on any atom is 0.278 e. The Hall–Kier alpha value is -2.17. The summed E-state index contributed by atoms with van der Waals surface area (Å²) in [7, 11) is 2.14. The molecule has 0 N–H and O–H groups in total. The fraction of sp³-hybridized carbons (Fsp3) is 0.300. The molecule has 1 aliphatic heterocycles. The molecule has 25 heavy (non-hydrogen) atoms. The third-order valence-corrected chi connectivity index (χ3v) is 5.23. The summed E-state index contributed by atoms with van der Waals surface area (Å²) in [5.74, 6) is 0.261. The normalized spacial score (nSPS) is 16.4. The van der Waals surface area contributed by atoms with E-state index in [1.54, 1.807) is 0 Å². The average Bonchev–Trinajstić information content (AvgIpc) is 3.01. The van der Waals surface area contributed by atoms with E-state index in [0.717, 1.165) is 42.5 Å². The van der Waals surface area contributed by atoms with Gasteiger partial charge in [-0.05, 0) is 63.3 Å². The maximum absolute atomic E-state index is 13.0. The lowest BCUT2D eigenvalue weighted by Gasteiger charge is -2.28. The van der Waals surface area contributed by atoms with Gasteiger partial charge in [0.15, 0.2) is 0 Å². The van der Waals surface area contributed by atoms with Crippen LogP contribution in [0.4, 0.5) is 0 Å². The van der Waals surface area contributed by atoms with Crippen LogP contribution < -0.4 is 0 Å². The van der Waals surface area contributed by atoms with Crippen LogP contribution >= 0.6 is 11.6 Å². The maximum atomic E-state index is 13.0. The summed E-state index contributed by atoms with van der Waals surface area (Å²) < 4.78 is 1.52. The molecule has 5 heteroatoms. The zero-order chi connectivity index (χ0) is 17.4. The second kappa shape index (κ2) is 6.62. The van der Waals surface area contributed by atoms with E-state index in [9.17, 15) is 4.79 Å². The van der Waals surface area contributed by atoms with Gasteiger partial charge in [0, 0.05) is 21.9 Å². The summed E-state index contributed by atoms with van der Waals surface area (Å²) in [4.78, 5) is 15.3. The molecule has 0 aliphatic carbocycles. The minimum Gasteiger partial charge on any atom is -0.306 e. The van der Waals surface area contributed by atoms with E-state index in [1.807, 2.05) is 48.5 Å². The molecule has 0 saturated carbocycles. The van der Waals surface area contributed by atoms with Crippen molar-refractivity contribution in [2.75, 3.05) is 20.1 Å². The molecular weight excluding hydrogens is 334 g/mol. The van der Waals surface area contributed by atoms with Crippen molar-refractivity contribution < 1.29 is 4.79 Å².